The largest absolute Gasteiger partial charge is 0.129 e. The SMILES string of the molecule is Brc1ccc(-c2ccc(-c3ccc(I)s3)cc2)s1. The Kier molecular flexibility index (Phi) is 3.89. The summed E-state index contributed by atoms with van der Waals surface area (Å²) >= 11 is 9.46. The third-order valence-corrected chi connectivity index (χ3v) is 6.22. The Balaban J connectivity index is 1.94. The maximum Gasteiger partial charge on any atom is 0.0705 e. The first-order valence-electron chi connectivity index (χ1n) is 5.34. The Hall–Kier alpha value is -0.170. The van der Waals surface area contributed by atoms with Crippen LogP contribution < -0.4 is 0 Å². The second-order valence-electron chi connectivity index (χ2n) is 3.78. The van der Waals surface area contributed by atoms with Crippen molar-refractivity contribution in [1.29, 1.82) is 0 Å². The summed E-state index contributed by atoms with van der Waals surface area (Å²) in [6.07, 6.45) is 0. The predicted octanol–water partition coefficient (Wildman–Crippen LogP) is 6.51. The summed E-state index contributed by atoms with van der Waals surface area (Å²) in [7, 11) is 0. The molecular formula is C14H8BrIS2. The fourth-order valence-corrected chi connectivity index (χ4v) is 4.76. The zero-order chi connectivity index (χ0) is 12.5. The third kappa shape index (κ3) is 2.71. The van der Waals surface area contributed by atoms with E-state index in [1.165, 1.54) is 27.6 Å². The van der Waals surface area contributed by atoms with Crippen molar-refractivity contribution in [3.8, 4) is 20.9 Å². The van der Waals surface area contributed by atoms with Gasteiger partial charge in [-0.05, 0) is 73.9 Å². The Morgan fingerprint density at radius 1 is 0.722 bits per heavy atom. The molecule has 4 heteroatoms. The van der Waals surface area contributed by atoms with E-state index in [0.717, 1.165) is 0 Å². The minimum absolute atomic E-state index is 1.18. The van der Waals surface area contributed by atoms with Gasteiger partial charge in [-0.1, -0.05) is 24.3 Å². The van der Waals surface area contributed by atoms with Gasteiger partial charge in [-0.15, -0.1) is 22.7 Å². The fraction of sp³-hybridized carbons (Fsp3) is 0. The number of thiophene rings is 2. The summed E-state index contributed by atoms with van der Waals surface area (Å²) in [4.78, 5) is 2.63. The van der Waals surface area contributed by atoms with Gasteiger partial charge in [0, 0.05) is 9.75 Å². The topological polar surface area (TPSA) is 0 Å². The highest BCUT2D eigenvalue weighted by Gasteiger charge is 2.04. The molecule has 18 heavy (non-hydrogen) atoms. The highest BCUT2D eigenvalue weighted by Crippen LogP contribution is 2.34. The van der Waals surface area contributed by atoms with E-state index in [4.69, 9.17) is 0 Å². The number of benzene rings is 1. The van der Waals surface area contributed by atoms with Crippen LogP contribution in [0.2, 0.25) is 0 Å². The number of halogens is 2. The minimum atomic E-state index is 1.18. The lowest BCUT2D eigenvalue weighted by Gasteiger charge is -2.00. The highest BCUT2D eigenvalue weighted by atomic mass is 127. The summed E-state index contributed by atoms with van der Waals surface area (Å²) in [5.74, 6) is 0. The van der Waals surface area contributed by atoms with Crippen molar-refractivity contribution < 1.29 is 0 Å². The first-order valence-corrected chi connectivity index (χ1v) is 8.84. The van der Waals surface area contributed by atoms with Crippen LogP contribution in [0, 0.1) is 2.88 Å². The van der Waals surface area contributed by atoms with Gasteiger partial charge >= 0.3 is 0 Å². The lowest BCUT2D eigenvalue weighted by molar-refractivity contribution is 1.69. The Morgan fingerprint density at radius 2 is 1.28 bits per heavy atom. The van der Waals surface area contributed by atoms with E-state index in [-0.39, 0.29) is 0 Å². The Bertz CT molecular complexity index is 608. The maximum atomic E-state index is 3.50. The molecule has 0 aliphatic rings. The highest BCUT2D eigenvalue weighted by molar-refractivity contribution is 14.1. The molecule has 0 saturated carbocycles. The number of hydrogen-bond donors (Lipinski definition) is 0. The van der Waals surface area contributed by atoms with Crippen LogP contribution in [0.3, 0.4) is 0 Å². The van der Waals surface area contributed by atoms with Crippen LogP contribution in [-0.4, -0.2) is 0 Å². The monoisotopic (exact) mass is 446 g/mol. The standard InChI is InChI=1S/C14H8BrIS2/c15-13-7-5-11(17-13)9-1-3-10(4-2-9)12-6-8-14(16)18-12/h1-8H. The first kappa shape index (κ1) is 12.8. The van der Waals surface area contributed by atoms with Crippen molar-refractivity contribution in [3.63, 3.8) is 0 Å². The molecule has 0 radical (unpaired) electrons. The summed E-state index contributed by atoms with van der Waals surface area (Å²) in [6, 6.07) is 17.4. The summed E-state index contributed by atoms with van der Waals surface area (Å²) in [6.45, 7) is 0. The van der Waals surface area contributed by atoms with Crippen molar-refractivity contribution in [2.75, 3.05) is 0 Å². The fourth-order valence-electron chi connectivity index (χ4n) is 1.74. The average molecular weight is 447 g/mol. The van der Waals surface area contributed by atoms with Gasteiger partial charge in [0.05, 0.1) is 6.67 Å². The van der Waals surface area contributed by atoms with E-state index in [1.54, 1.807) is 11.3 Å². The smallest absolute Gasteiger partial charge is 0.0705 e. The summed E-state index contributed by atoms with van der Waals surface area (Å²) < 4.78 is 2.50. The van der Waals surface area contributed by atoms with Crippen LogP contribution >= 0.6 is 61.2 Å². The minimum Gasteiger partial charge on any atom is -0.129 e. The van der Waals surface area contributed by atoms with Crippen LogP contribution in [0.5, 0.6) is 0 Å². The van der Waals surface area contributed by atoms with Crippen molar-refractivity contribution in [2.45, 2.75) is 0 Å². The van der Waals surface area contributed by atoms with Gasteiger partial charge in [-0.25, -0.2) is 0 Å². The lowest BCUT2D eigenvalue weighted by Crippen LogP contribution is -1.74. The molecule has 0 fully saturated rings. The van der Waals surface area contributed by atoms with Gasteiger partial charge in [-0.2, -0.15) is 0 Å². The molecule has 2 aromatic heterocycles. The molecule has 1 aromatic carbocycles. The second-order valence-corrected chi connectivity index (χ2v) is 9.23. The van der Waals surface area contributed by atoms with Crippen LogP contribution in [0.4, 0.5) is 0 Å². The van der Waals surface area contributed by atoms with Crippen molar-refractivity contribution in [2.24, 2.45) is 0 Å². The van der Waals surface area contributed by atoms with Crippen molar-refractivity contribution in [1.82, 2.24) is 0 Å². The Morgan fingerprint density at radius 3 is 1.72 bits per heavy atom. The van der Waals surface area contributed by atoms with Gasteiger partial charge < -0.3 is 0 Å². The van der Waals surface area contributed by atoms with Crippen LogP contribution in [-0.2, 0) is 0 Å². The van der Waals surface area contributed by atoms with Crippen LogP contribution in [0.1, 0.15) is 0 Å². The summed E-state index contributed by atoms with van der Waals surface area (Å²) in [5.41, 5.74) is 2.57. The molecule has 0 bridgehead atoms. The molecule has 0 N–H and O–H groups in total. The molecule has 3 rings (SSSR count). The normalized spacial score (nSPS) is 10.8. The molecule has 0 spiro atoms. The van der Waals surface area contributed by atoms with E-state index >= 15 is 0 Å². The first-order chi connectivity index (χ1) is 8.72. The molecule has 0 nitrogen and oxygen atoms in total. The number of rotatable bonds is 2. The number of hydrogen-bond acceptors (Lipinski definition) is 2. The van der Waals surface area contributed by atoms with Crippen molar-refractivity contribution in [3.05, 3.63) is 55.2 Å². The third-order valence-electron chi connectivity index (χ3n) is 2.60. The molecular weight excluding hydrogens is 439 g/mol. The van der Waals surface area contributed by atoms with Crippen molar-refractivity contribution >= 4 is 61.2 Å². The zero-order valence-electron chi connectivity index (χ0n) is 9.19. The average Bonchev–Trinajstić information content (AvgIpc) is 2.98. The molecule has 0 unspecified atom stereocenters. The van der Waals surface area contributed by atoms with Gasteiger partial charge in [0.1, 0.15) is 0 Å². The van der Waals surface area contributed by atoms with E-state index in [0.29, 0.717) is 0 Å². The van der Waals surface area contributed by atoms with Gasteiger partial charge in [-0.3, -0.25) is 0 Å². The van der Waals surface area contributed by atoms with E-state index in [2.05, 4.69) is 87.1 Å². The van der Waals surface area contributed by atoms with Crippen LogP contribution in [0.15, 0.2) is 52.3 Å². The molecule has 0 atom stereocenters. The van der Waals surface area contributed by atoms with E-state index in [9.17, 15) is 0 Å². The summed E-state index contributed by atoms with van der Waals surface area (Å²) in [5, 5.41) is 0. The second kappa shape index (κ2) is 5.45. The lowest BCUT2D eigenvalue weighted by atomic mass is 10.1. The molecule has 90 valence electrons. The maximum absolute atomic E-state index is 3.50. The predicted molar refractivity (Wildman–Crippen MR) is 93.5 cm³/mol. The quantitative estimate of drug-likeness (QED) is 0.393. The zero-order valence-corrected chi connectivity index (χ0v) is 14.6. The Labute approximate surface area is 136 Å². The van der Waals surface area contributed by atoms with Gasteiger partial charge in [0.25, 0.3) is 0 Å². The van der Waals surface area contributed by atoms with E-state index < -0.39 is 0 Å². The van der Waals surface area contributed by atoms with Gasteiger partial charge in [0.2, 0.25) is 0 Å². The molecule has 0 amide bonds. The van der Waals surface area contributed by atoms with Crippen LogP contribution in [0.25, 0.3) is 20.9 Å². The van der Waals surface area contributed by atoms with E-state index in [1.807, 2.05) is 11.3 Å². The molecule has 2 heterocycles. The molecule has 0 saturated heterocycles. The van der Waals surface area contributed by atoms with Gasteiger partial charge in [0.15, 0.2) is 0 Å². The molecule has 3 aromatic rings. The molecule has 0 aliphatic carbocycles. The molecule has 0 aliphatic heterocycles.